The third-order valence-electron chi connectivity index (χ3n) is 3.62. The molecule has 1 N–H and O–H groups in total. The van der Waals surface area contributed by atoms with Gasteiger partial charge in [0.25, 0.3) is 0 Å². The van der Waals surface area contributed by atoms with Gasteiger partial charge in [-0.15, -0.1) is 0 Å². The maximum atomic E-state index is 11.5. The molecule has 0 radical (unpaired) electrons. The van der Waals surface area contributed by atoms with Crippen LogP contribution in [0.15, 0.2) is 42.7 Å². The van der Waals surface area contributed by atoms with E-state index >= 15 is 0 Å². The van der Waals surface area contributed by atoms with Crippen LogP contribution in [-0.2, 0) is 11.3 Å². The molecule has 0 atom stereocenters. The lowest BCUT2D eigenvalue weighted by atomic mass is 10.1. The van der Waals surface area contributed by atoms with Crippen LogP contribution in [0.5, 0.6) is 0 Å². The van der Waals surface area contributed by atoms with Crippen molar-refractivity contribution in [3.8, 4) is 11.4 Å². The molecule has 3 aromatic rings. The second-order valence-electron chi connectivity index (χ2n) is 5.23. The van der Waals surface area contributed by atoms with E-state index < -0.39 is 5.97 Å². The Labute approximate surface area is 132 Å². The van der Waals surface area contributed by atoms with Crippen LogP contribution in [0.2, 0.25) is 0 Å². The lowest BCUT2D eigenvalue weighted by molar-refractivity contribution is -0.137. The van der Waals surface area contributed by atoms with Crippen molar-refractivity contribution in [2.45, 2.75) is 19.9 Å². The van der Waals surface area contributed by atoms with Gasteiger partial charge in [0, 0.05) is 30.1 Å². The van der Waals surface area contributed by atoms with Crippen molar-refractivity contribution in [3.05, 3.63) is 48.3 Å². The number of imidazole rings is 1. The van der Waals surface area contributed by atoms with Crippen LogP contribution in [0.4, 0.5) is 0 Å². The Morgan fingerprint density at radius 2 is 2.09 bits per heavy atom. The van der Waals surface area contributed by atoms with E-state index in [0.29, 0.717) is 23.4 Å². The first-order valence-corrected chi connectivity index (χ1v) is 7.19. The Bertz CT molecular complexity index is 885. The monoisotopic (exact) mass is 309 g/mol. The summed E-state index contributed by atoms with van der Waals surface area (Å²) >= 11 is 0. The molecule has 2 heterocycles. The molecule has 0 aliphatic heterocycles. The third-order valence-corrected chi connectivity index (χ3v) is 3.62. The zero-order valence-electron chi connectivity index (χ0n) is 12.6. The number of benzene rings is 1. The molecule has 116 valence electrons. The number of aryl methyl sites for hydroxylation is 1. The van der Waals surface area contributed by atoms with Gasteiger partial charge >= 0.3 is 5.97 Å². The largest absolute Gasteiger partial charge is 0.481 e. The number of fused-ring (bicyclic) bond motifs is 1. The fourth-order valence-electron chi connectivity index (χ4n) is 2.50. The topological polar surface area (TPSA) is 85.1 Å². The molecule has 0 saturated carbocycles. The van der Waals surface area contributed by atoms with Crippen molar-refractivity contribution < 1.29 is 14.7 Å². The zero-order valence-corrected chi connectivity index (χ0v) is 12.6. The highest BCUT2D eigenvalue weighted by Gasteiger charge is 2.15. The van der Waals surface area contributed by atoms with Gasteiger partial charge in [-0.05, 0) is 37.3 Å². The summed E-state index contributed by atoms with van der Waals surface area (Å²) < 4.78 is 1.85. The molecule has 0 aliphatic carbocycles. The number of aliphatic carboxylic acids is 1. The summed E-state index contributed by atoms with van der Waals surface area (Å²) in [6, 6.07) is 8.95. The fourth-order valence-corrected chi connectivity index (χ4v) is 2.50. The molecule has 0 amide bonds. The summed E-state index contributed by atoms with van der Waals surface area (Å²) in [5.74, 6) is -0.255. The normalized spacial score (nSPS) is 10.8. The van der Waals surface area contributed by atoms with Gasteiger partial charge in [-0.2, -0.15) is 0 Å². The van der Waals surface area contributed by atoms with E-state index in [-0.39, 0.29) is 12.2 Å². The molecule has 0 fully saturated rings. The van der Waals surface area contributed by atoms with Gasteiger partial charge in [0.1, 0.15) is 5.82 Å². The molecule has 6 nitrogen and oxygen atoms in total. The van der Waals surface area contributed by atoms with Crippen LogP contribution in [-0.4, -0.2) is 31.4 Å². The molecule has 6 heteroatoms. The summed E-state index contributed by atoms with van der Waals surface area (Å²) in [5, 5.41) is 8.97. The van der Waals surface area contributed by atoms with Crippen LogP contribution in [0.25, 0.3) is 22.4 Å². The average molecular weight is 309 g/mol. The Kier molecular flexibility index (Phi) is 3.89. The van der Waals surface area contributed by atoms with E-state index in [1.807, 2.05) is 10.6 Å². The predicted molar refractivity (Wildman–Crippen MR) is 85.2 cm³/mol. The Morgan fingerprint density at radius 3 is 2.74 bits per heavy atom. The zero-order chi connectivity index (χ0) is 16.4. The second kappa shape index (κ2) is 6.00. The third kappa shape index (κ3) is 2.96. The maximum absolute atomic E-state index is 11.5. The Balaban J connectivity index is 2.18. The standard InChI is InChI=1S/C17H15N3O3/c1-11(21)12-4-5-15-14(9-12)19-17(13-3-2-7-18-10-13)20(15)8-6-16(22)23/h2-5,7,9-10H,6,8H2,1H3,(H,22,23). The van der Waals surface area contributed by atoms with Crippen LogP contribution >= 0.6 is 0 Å². The number of carbonyl (C=O) groups is 2. The fraction of sp³-hybridized carbons (Fsp3) is 0.176. The lowest BCUT2D eigenvalue weighted by Crippen LogP contribution is -2.06. The number of pyridine rings is 1. The highest BCUT2D eigenvalue weighted by atomic mass is 16.4. The van der Waals surface area contributed by atoms with Gasteiger partial charge in [-0.1, -0.05) is 0 Å². The highest BCUT2D eigenvalue weighted by Crippen LogP contribution is 2.25. The van der Waals surface area contributed by atoms with Gasteiger partial charge < -0.3 is 9.67 Å². The van der Waals surface area contributed by atoms with Crippen LogP contribution in [0, 0.1) is 0 Å². The minimum atomic E-state index is -0.871. The number of carbonyl (C=O) groups excluding carboxylic acids is 1. The number of hydrogen-bond acceptors (Lipinski definition) is 4. The maximum Gasteiger partial charge on any atom is 0.305 e. The van der Waals surface area contributed by atoms with Crippen molar-refractivity contribution >= 4 is 22.8 Å². The van der Waals surface area contributed by atoms with E-state index in [2.05, 4.69) is 9.97 Å². The minimum absolute atomic E-state index is 0.00676. The Hall–Kier alpha value is -3.02. The van der Waals surface area contributed by atoms with Gasteiger partial charge in [0.2, 0.25) is 0 Å². The van der Waals surface area contributed by atoms with Crippen molar-refractivity contribution in [1.82, 2.24) is 14.5 Å². The molecule has 3 rings (SSSR count). The molecular formula is C17H15N3O3. The van der Waals surface area contributed by atoms with Crippen molar-refractivity contribution in [2.24, 2.45) is 0 Å². The van der Waals surface area contributed by atoms with E-state index in [1.54, 1.807) is 36.7 Å². The number of aromatic nitrogens is 3. The molecule has 0 unspecified atom stereocenters. The summed E-state index contributed by atoms with van der Waals surface area (Å²) in [6.45, 7) is 1.81. The van der Waals surface area contributed by atoms with Gasteiger partial charge in [0.05, 0.1) is 17.5 Å². The van der Waals surface area contributed by atoms with Crippen molar-refractivity contribution in [3.63, 3.8) is 0 Å². The second-order valence-corrected chi connectivity index (χ2v) is 5.23. The molecular weight excluding hydrogens is 294 g/mol. The molecule has 23 heavy (non-hydrogen) atoms. The van der Waals surface area contributed by atoms with Gasteiger partial charge in [-0.3, -0.25) is 14.6 Å². The molecule has 0 saturated heterocycles. The summed E-state index contributed by atoms with van der Waals surface area (Å²) in [6.07, 6.45) is 3.35. The molecule has 0 aliphatic rings. The summed E-state index contributed by atoms with van der Waals surface area (Å²) in [5.41, 5.74) is 2.86. The van der Waals surface area contributed by atoms with Crippen LogP contribution in [0.3, 0.4) is 0 Å². The number of nitrogens with zero attached hydrogens (tertiary/aromatic N) is 3. The highest BCUT2D eigenvalue weighted by molar-refractivity contribution is 5.97. The van der Waals surface area contributed by atoms with Crippen molar-refractivity contribution in [2.75, 3.05) is 0 Å². The smallest absolute Gasteiger partial charge is 0.305 e. The summed E-state index contributed by atoms with van der Waals surface area (Å²) in [7, 11) is 0. The molecule has 1 aromatic carbocycles. The van der Waals surface area contributed by atoms with E-state index in [9.17, 15) is 9.59 Å². The lowest BCUT2D eigenvalue weighted by Gasteiger charge is -2.07. The van der Waals surface area contributed by atoms with E-state index in [1.165, 1.54) is 6.92 Å². The van der Waals surface area contributed by atoms with Crippen LogP contribution < -0.4 is 0 Å². The minimum Gasteiger partial charge on any atom is -0.481 e. The Morgan fingerprint density at radius 1 is 1.26 bits per heavy atom. The number of ketones is 1. The van der Waals surface area contributed by atoms with Gasteiger partial charge in [0.15, 0.2) is 5.78 Å². The van der Waals surface area contributed by atoms with Gasteiger partial charge in [-0.25, -0.2) is 4.98 Å². The molecule has 0 spiro atoms. The van der Waals surface area contributed by atoms with E-state index in [4.69, 9.17) is 5.11 Å². The number of Topliss-reactive ketones (excluding diaryl/α,β-unsaturated/α-hetero) is 1. The molecule has 0 bridgehead atoms. The quantitative estimate of drug-likeness (QED) is 0.732. The number of rotatable bonds is 5. The van der Waals surface area contributed by atoms with Crippen LogP contribution in [0.1, 0.15) is 23.7 Å². The number of hydrogen-bond donors (Lipinski definition) is 1. The average Bonchev–Trinajstić information content (AvgIpc) is 2.91. The van der Waals surface area contributed by atoms with E-state index in [0.717, 1.165) is 11.1 Å². The first-order chi connectivity index (χ1) is 11.1. The summed E-state index contributed by atoms with van der Waals surface area (Å²) in [4.78, 5) is 31.1. The SMILES string of the molecule is CC(=O)c1ccc2c(c1)nc(-c1cccnc1)n2CCC(=O)O. The number of carboxylic acids is 1. The van der Waals surface area contributed by atoms with Crippen molar-refractivity contribution in [1.29, 1.82) is 0 Å². The predicted octanol–water partition coefficient (Wildman–Crippen LogP) is 2.78. The first-order valence-electron chi connectivity index (χ1n) is 7.19. The number of carboxylic acid groups (broad SMARTS) is 1. The molecule has 2 aromatic heterocycles. The first kappa shape index (κ1) is 14.9.